The fraction of sp³-hybridized carbons (Fsp3) is 0.375. The zero-order valence-corrected chi connectivity index (χ0v) is 31.6. The monoisotopic (exact) mass is 759 g/mol. The number of unbranched alkanes of at least 4 members (excludes halogenated alkanes) is 3. The zero-order chi connectivity index (χ0) is 38.2. The van der Waals surface area contributed by atoms with Gasteiger partial charge in [0.2, 0.25) is 17.8 Å². The van der Waals surface area contributed by atoms with Crippen LogP contribution < -0.4 is 21.3 Å². The van der Waals surface area contributed by atoms with Crippen molar-refractivity contribution in [1.82, 2.24) is 39.7 Å². The van der Waals surface area contributed by atoms with E-state index in [9.17, 15) is 19.6 Å². The maximum atomic E-state index is 12.9. The molecule has 284 valence electrons. The van der Waals surface area contributed by atoms with Crippen LogP contribution in [-0.2, 0) is 15.1 Å². The number of aromatic amines is 1. The molecule has 7 rings (SSSR count). The van der Waals surface area contributed by atoms with E-state index >= 15 is 0 Å². The Bertz CT molecular complexity index is 2190. The lowest BCUT2D eigenvalue weighted by molar-refractivity contribution is -0.134. The highest BCUT2D eigenvalue weighted by Gasteiger charge is 2.45. The molecule has 3 amide bonds. The van der Waals surface area contributed by atoms with Gasteiger partial charge in [0.05, 0.1) is 30.3 Å². The standard InChI is InChI=1S/C40H45N11O3S/c1-2-55-50-25-40(26-50,17-18-41)51-24-29(23-45-51)35-33-16-21-43-36(33)49-39(48-35)46-30-12-10-27(11-13-30)37(53)44-20-6-4-3-5-19-42-31-9-7-8-28(22-31)32-14-15-34(52)47-38(32)54/h7-13,16,21-24,32,42H,2-6,14-15,17,19-20,25-26H2,1H3,(H,44,53)(H,47,52,54)(H2,43,46,48,49). The summed E-state index contributed by atoms with van der Waals surface area (Å²) in [5.74, 6) is 0.554. The van der Waals surface area contributed by atoms with Gasteiger partial charge in [-0.2, -0.15) is 15.3 Å². The van der Waals surface area contributed by atoms with Crippen molar-refractivity contribution in [2.24, 2.45) is 0 Å². The number of nitriles is 1. The lowest BCUT2D eigenvalue weighted by Crippen LogP contribution is -2.60. The number of piperidine rings is 1. The number of hydrogen-bond donors (Lipinski definition) is 5. The number of H-pyrrole nitrogens is 1. The SMILES string of the molecule is CCSN1CC(CC#N)(n2cc(-c3nc(Nc4ccc(C(=O)NCCCCCCNc5cccc(C6CCC(=O)NC6=O)c5)cc4)nc4[nH]ccc34)cn2)C1. The van der Waals surface area contributed by atoms with E-state index in [0.717, 1.165) is 84.7 Å². The molecule has 3 aromatic heterocycles. The van der Waals surface area contributed by atoms with E-state index in [-0.39, 0.29) is 29.2 Å². The number of aromatic nitrogens is 5. The fourth-order valence-corrected chi connectivity index (χ4v) is 8.17. The second kappa shape index (κ2) is 17.2. The normalized spacial score (nSPS) is 16.6. The average Bonchev–Trinajstić information content (AvgIpc) is 3.86. The van der Waals surface area contributed by atoms with Crippen LogP contribution in [0.2, 0.25) is 0 Å². The van der Waals surface area contributed by atoms with Crippen LogP contribution in [-0.4, -0.2) is 78.7 Å². The average molecular weight is 760 g/mol. The van der Waals surface area contributed by atoms with Crippen LogP contribution in [0.4, 0.5) is 17.3 Å². The van der Waals surface area contributed by atoms with Crippen molar-refractivity contribution < 1.29 is 14.4 Å². The summed E-state index contributed by atoms with van der Waals surface area (Å²) in [7, 11) is 0. The van der Waals surface area contributed by atoms with E-state index < -0.39 is 0 Å². The number of imide groups is 1. The number of carbonyl (C=O) groups is 3. The van der Waals surface area contributed by atoms with Crippen molar-refractivity contribution >= 4 is 58.0 Å². The van der Waals surface area contributed by atoms with Gasteiger partial charge in [-0.25, -0.2) is 9.29 Å². The topological polar surface area (TPSA) is 186 Å². The number of fused-ring (bicyclic) bond motifs is 1. The Balaban J connectivity index is 0.861. The lowest BCUT2D eigenvalue weighted by atomic mass is 9.89. The van der Waals surface area contributed by atoms with Crippen LogP contribution in [0.15, 0.2) is 73.2 Å². The molecule has 0 saturated carbocycles. The van der Waals surface area contributed by atoms with Crippen molar-refractivity contribution in [3.8, 4) is 17.3 Å². The number of anilines is 3. The third-order valence-corrected chi connectivity index (χ3v) is 11.0. The van der Waals surface area contributed by atoms with Gasteiger partial charge < -0.3 is 20.9 Å². The molecule has 5 N–H and O–H groups in total. The van der Waals surface area contributed by atoms with Gasteiger partial charge in [0, 0.05) is 78.6 Å². The Morgan fingerprint density at radius 2 is 1.85 bits per heavy atom. The van der Waals surface area contributed by atoms with Crippen LogP contribution >= 0.6 is 11.9 Å². The molecule has 1 unspecified atom stereocenters. The highest BCUT2D eigenvalue weighted by Crippen LogP contribution is 2.38. The number of benzene rings is 2. The first-order valence-corrected chi connectivity index (χ1v) is 19.8. The van der Waals surface area contributed by atoms with Gasteiger partial charge in [0.1, 0.15) is 11.2 Å². The summed E-state index contributed by atoms with van der Waals surface area (Å²) in [6.07, 6.45) is 10.8. The van der Waals surface area contributed by atoms with E-state index in [2.05, 4.69) is 53.6 Å². The minimum Gasteiger partial charge on any atom is -0.385 e. The zero-order valence-electron chi connectivity index (χ0n) is 30.8. The quantitative estimate of drug-likeness (QED) is 0.0420. The summed E-state index contributed by atoms with van der Waals surface area (Å²) in [5.41, 5.74) is 5.10. The van der Waals surface area contributed by atoms with Gasteiger partial charge in [0.25, 0.3) is 5.91 Å². The molecule has 5 heterocycles. The molecular weight excluding hydrogens is 715 g/mol. The minimum absolute atomic E-state index is 0.121. The molecule has 2 saturated heterocycles. The molecule has 0 radical (unpaired) electrons. The molecule has 15 heteroatoms. The number of amides is 3. The van der Waals surface area contributed by atoms with Gasteiger partial charge in [-0.15, -0.1) is 0 Å². The van der Waals surface area contributed by atoms with E-state index in [0.29, 0.717) is 43.0 Å². The first-order valence-electron chi connectivity index (χ1n) is 18.8. The molecule has 2 aliphatic rings. The number of nitrogens with one attached hydrogen (secondary N) is 5. The van der Waals surface area contributed by atoms with Gasteiger partial charge in [0.15, 0.2) is 0 Å². The van der Waals surface area contributed by atoms with Crippen molar-refractivity contribution in [1.29, 1.82) is 5.26 Å². The second-order valence-electron chi connectivity index (χ2n) is 14.0. The number of nitrogens with zero attached hydrogens (tertiary/aromatic N) is 6. The third kappa shape index (κ3) is 8.82. The van der Waals surface area contributed by atoms with Crippen LogP contribution in [0.5, 0.6) is 0 Å². The van der Waals surface area contributed by atoms with Crippen molar-refractivity contribution in [3.63, 3.8) is 0 Å². The Kier molecular flexibility index (Phi) is 11.7. The maximum absolute atomic E-state index is 12.9. The van der Waals surface area contributed by atoms with E-state index in [1.54, 1.807) is 30.3 Å². The summed E-state index contributed by atoms with van der Waals surface area (Å²) in [4.78, 5) is 49.3. The summed E-state index contributed by atoms with van der Waals surface area (Å²) in [6, 6.07) is 19.4. The molecule has 0 aliphatic carbocycles. The molecule has 0 spiro atoms. The molecule has 14 nitrogen and oxygen atoms in total. The first-order chi connectivity index (χ1) is 26.8. The van der Waals surface area contributed by atoms with Gasteiger partial charge in [-0.3, -0.25) is 24.4 Å². The molecular formula is C40H45N11O3S. The summed E-state index contributed by atoms with van der Waals surface area (Å²) >= 11 is 1.78. The van der Waals surface area contributed by atoms with Crippen LogP contribution in [0.3, 0.4) is 0 Å². The molecule has 1 atom stereocenters. The number of carbonyl (C=O) groups excluding carboxylic acids is 3. The maximum Gasteiger partial charge on any atom is 0.251 e. The van der Waals surface area contributed by atoms with Crippen molar-refractivity contribution in [2.75, 3.05) is 42.6 Å². The molecule has 2 fully saturated rings. The third-order valence-electron chi connectivity index (χ3n) is 10.1. The van der Waals surface area contributed by atoms with Gasteiger partial charge in [-0.05, 0) is 67.3 Å². The van der Waals surface area contributed by atoms with E-state index in [4.69, 9.17) is 4.98 Å². The van der Waals surface area contributed by atoms with Crippen LogP contribution in [0.1, 0.15) is 73.7 Å². The lowest BCUT2D eigenvalue weighted by Gasteiger charge is -2.48. The molecule has 2 aromatic carbocycles. The van der Waals surface area contributed by atoms with Crippen molar-refractivity contribution in [3.05, 3.63) is 84.3 Å². The summed E-state index contributed by atoms with van der Waals surface area (Å²) < 4.78 is 4.19. The van der Waals surface area contributed by atoms with Crippen molar-refractivity contribution in [2.45, 2.75) is 63.3 Å². The predicted molar refractivity (Wildman–Crippen MR) is 214 cm³/mol. The highest BCUT2D eigenvalue weighted by molar-refractivity contribution is 7.97. The summed E-state index contributed by atoms with van der Waals surface area (Å²) in [6.45, 7) is 5.05. The summed E-state index contributed by atoms with van der Waals surface area (Å²) in [5, 5.41) is 27.3. The predicted octanol–water partition coefficient (Wildman–Crippen LogP) is 6.08. The second-order valence-corrected chi connectivity index (χ2v) is 15.4. The van der Waals surface area contributed by atoms with Gasteiger partial charge >= 0.3 is 0 Å². The van der Waals surface area contributed by atoms with Crippen LogP contribution in [0, 0.1) is 11.3 Å². The Labute approximate surface area is 324 Å². The number of rotatable bonds is 17. The molecule has 55 heavy (non-hydrogen) atoms. The first kappa shape index (κ1) is 37.6. The van der Waals surface area contributed by atoms with E-state index in [1.807, 2.05) is 59.5 Å². The molecule has 2 aliphatic heterocycles. The minimum atomic E-state index is -0.356. The van der Waals surface area contributed by atoms with Gasteiger partial charge in [-0.1, -0.05) is 43.8 Å². The Morgan fingerprint density at radius 3 is 2.64 bits per heavy atom. The highest BCUT2D eigenvalue weighted by atomic mass is 32.2. The van der Waals surface area contributed by atoms with E-state index in [1.165, 1.54) is 0 Å². The fourth-order valence-electron chi connectivity index (χ4n) is 7.14. The van der Waals surface area contributed by atoms with Crippen LogP contribution in [0.25, 0.3) is 22.3 Å². The molecule has 5 aromatic rings. The smallest absolute Gasteiger partial charge is 0.251 e. The Morgan fingerprint density at radius 1 is 1.04 bits per heavy atom. The molecule has 0 bridgehead atoms. The number of hydrogen-bond acceptors (Lipinski definition) is 11. The Hall–Kier alpha value is -5.72. The largest absolute Gasteiger partial charge is 0.385 e.